The Hall–Kier alpha value is -0.0800. The molecule has 1 saturated carbocycles. The van der Waals surface area contributed by atoms with Crippen LogP contribution in [0.1, 0.15) is 52.9 Å². The highest BCUT2D eigenvalue weighted by atomic mass is 15.0. The smallest absolute Gasteiger partial charge is 0.0249 e. The van der Waals surface area contributed by atoms with E-state index in [1.54, 1.807) is 0 Å². The van der Waals surface area contributed by atoms with Crippen LogP contribution in [-0.4, -0.2) is 17.6 Å². The van der Waals surface area contributed by atoms with Crippen LogP contribution in [0.3, 0.4) is 0 Å². The average Bonchev–Trinajstić information content (AvgIpc) is 2.03. The van der Waals surface area contributed by atoms with Crippen LogP contribution >= 0.6 is 0 Å². The summed E-state index contributed by atoms with van der Waals surface area (Å²) in [4.78, 5) is 0. The second kappa shape index (κ2) is 3.97. The van der Waals surface area contributed by atoms with Gasteiger partial charge in [-0.2, -0.15) is 0 Å². The summed E-state index contributed by atoms with van der Waals surface area (Å²) >= 11 is 0. The number of nitrogens with two attached hydrogens (primary N) is 1. The lowest BCUT2D eigenvalue weighted by molar-refractivity contribution is 0.164. The summed E-state index contributed by atoms with van der Waals surface area (Å²) in [5.41, 5.74) is 6.50. The minimum absolute atomic E-state index is 0.0300. The molecular weight excluding hydrogens is 160 g/mol. The third-order valence-corrected chi connectivity index (χ3v) is 3.66. The van der Waals surface area contributed by atoms with E-state index in [0.717, 1.165) is 13.0 Å². The Morgan fingerprint density at radius 3 is 2.31 bits per heavy atom. The zero-order valence-corrected chi connectivity index (χ0v) is 9.32. The molecule has 1 aliphatic rings. The maximum Gasteiger partial charge on any atom is 0.0249 e. The summed E-state index contributed by atoms with van der Waals surface area (Å²) in [7, 11) is 0. The van der Waals surface area contributed by atoms with Crippen molar-refractivity contribution in [3.05, 3.63) is 0 Å². The van der Waals surface area contributed by atoms with E-state index in [2.05, 4.69) is 26.1 Å². The SMILES string of the molecule is CCC(C)(N)CNC1(CC)CCC1. The molecule has 2 nitrogen and oxygen atoms in total. The van der Waals surface area contributed by atoms with Gasteiger partial charge >= 0.3 is 0 Å². The van der Waals surface area contributed by atoms with Gasteiger partial charge in [0.15, 0.2) is 0 Å². The van der Waals surface area contributed by atoms with E-state index < -0.39 is 0 Å². The topological polar surface area (TPSA) is 38.0 Å². The maximum absolute atomic E-state index is 6.09. The van der Waals surface area contributed by atoms with Crippen molar-refractivity contribution in [3.63, 3.8) is 0 Å². The van der Waals surface area contributed by atoms with Crippen molar-refractivity contribution in [2.24, 2.45) is 5.73 Å². The second-order valence-electron chi connectivity index (χ2n) is 4.85. The maximum atomic E-state index is 6.09. The zero-order chi connectivity index (χ0) is 9.95. The largest absolute Gasteiger partial charge is 0.324 e. The van der Waals surface area contributed by atoms with E-state index in [1.807, 2.05) is 0 Å². The number of hydrogen-bond donors (Lipinski definition) is 2. The summed E-state index contributed by atoms with van der Waals surface area (Å²) in [5.74, 6) is 0. The molecule has 78 valence electrons. The zero-order valence-electron chi connectivity index (χ0n) is 9.32. The lowest BCUT2D eigenvalue weighted by Gasteiger charge is -2.44. The van der Waals surface area contributed by atoms with Gasteiger partial charge in [-0.05, 0) is 39.0 Å². The minimum Gasteiger partial charge on any atom is -0.324 e. The molecule has 0 aromatic rings. The van der Waals surface area contributed by atoms with Gasteiger partial charge in [0, 0.05) is 17.6 Å². The normalized spacial score (nSPS) is 24.9. The highest BCUT2D eigenvalue weighted by Crippen LogP contribution is 2.34. The van der Waals surface area contributed by atoms with E-state index >= 15 is 0 Å². The van der Waals surface area contributed by atoms with E-state index in [1.165, 1.54) is 25.7 Å². The summed E-state index contributed by atoms with van der Waals surface area (Å²) in [6, 6.07) is 0. The molecule has 0 bridgehead atoms. The Labute approximate surface area is 82.3 Å². The first-order valence-electron chi connectivity index (χ1n) is 5.57. The van der Waals surface area contributed by atoms with Gasteiger partial charge in [-0.15, -0.1) is 0 Å². The highest BCUT2D eigenvalue weighted by Gasteiger charge is 2.35. The van der Waals surface area contributed by atoms with Gasteiger partial charge in [0.05, 0.1) is 0 Å². The third kappa shape index (κ3) is 2.68. The van der Waals surface area contributed by atoms with Gasteiger partial charge < -0.3 is 11.1 Å². The van der Waals surface area contributed by atoms with E-state index in [9.17, 15) is 0 Å². The molecule has 1 aliphatic carbocycles. The summed E-state index contributed by atoms with van der Waals surface area (Å²) < 4.78 is 0. The van der Waals surface area contributed by atoms with Crippen molar-refractivity contribution in [2.75, 3.05) is 6.54 Å². The van der Waals surface area contributed by atoms with Crippen LogP contribution in [0.2, 0.25) is 0 Å². The monoisotopic (exact) mass is 184 g/mol. The van der Waals surface area contributed by atoms with Gasteiger partial charge in [0.2, 0.25) is 0 Å². The molecule has 0 amide bonds. The molecule has 0 heterocycles. The Morgan fingerprint density at radius 1 is 1.38 bits per heavy atom. The fraction of sp³-hybridized carbons (Fsp3) is 1.00. The van der Waals surface area contributed by atoms with Gasteiger partial charge in [-0.25, -0.2) is 0 Å². The molecule has 1 atom stereocenters. The molecule has 1 unspecified atom stereocenters. The van der Waals surface area contributed by atoms with Crippen LogP contribution in [0.15, 0.2) is 0 Å². The second-order valence-corrected chi connectivity index (χ2v) is 4.85. The number of nitrogens with one attached hydrogen (secondary N) is 1. The summed E-state index contributed by atoms with van der Waals surface area (Å²) in [5, 5.41) is 3.65. The van der Waals surface area contributed by atoms with Crippen LogP contribution in [0.5, 0.6) is 0 Å². The number of hydrogen-bond acceptors (Lipinski definition) is 2. The van der Waals surface area contributed by atoms with Crippen molar-refractivity contribution in [3.8, 4) is 0 Å². The molecular formula is C11H24N2. The van der Waals surface area contributed by atoms with Crippen molar-refractivity contribution in [2.45, 2.75) is 64.0 Å². The first-order chi connectivity index (χ1) is 6.04. The standard InChI is InChI=1S/C11H24N2/c1-4-10(3,12)9-13-11(5-2)7-6-8-11/h13H,4-9,12H2,1-3H3. The predicted molar refractivity (Wildman–Crippen MR) is 57.8 cm³/mol. The Morgan fingerprint density at radius 2 is 2.00 bits per heavy atom. The van der Waals surface area contributed by atoms with Crippen LogP contribution in [-0.2, 0) is 0 Å². The molecule has 0 aliphatic heterocycles. The summed E-state index contributed by atoms with van der Waals surface area (Å²) in [6.07, 6.45) is 6.34. The van der Waals surface area contributed by atoms with Crippen LogP contribution in [0, 0.1) is 0 Å². The van der Waals surface area contributed by atoms with Crippen molar-refractivity contribution in [1.29, 1.82) is 0 Å². The van der Waals surface area contributed by atoms with Crippen LogP contribution < -0.4 is 11.1 Å². The Balaban J connectivity index is 2.32. The summed E-state index contributed by atoms with van der Waals surface area (Å²) in [6.45, 7) is 7.51. The molecule has 2 heteroatoms. The van der Waals surface area contributed by atoms with Gasteiger partial charge in [0.25, 0.3) is 0 Å². The van der Waals surface area contributed by atoms with Gasteiger partial charge in [0.1, 0.15) is 0 Å². The predicted octanol–water partition coefficient (Wildman–Crippen LogP) is 2.04. The average molecular weight is 184 g/mol. The first-order valence-corrected chi connectivity index (χ1v) is 5.57. The third-order valence-electron chi connectivity index (χ3n) is 3.66. The molecule has 0 saturated heterocycles. The molecule has 1 fully saturated rings. The fourth-order valence-electron chi connectivity index (χ4n) is 1.77. The lowest BCUT2D eigenvalue weighted by atomic mass is 9.74. The molecule has 0 radical (unpaired) electrons. The van der Waals surface area contributed by atoms with Crippen LogP contribution in [0.25, 0.3) is 0 Å². The lowest BCUT2D eigenvalue weighted by Crippen LogP contribution is -2.57. The van der Waals surface area contributed by atoms with E-state index in [0.29, 0.717) is 5.54 Å². The quantitative estimate of drug-likeness (QED) is 0.686. The Kier molecular flexibility index (Phi) is 3.36. The fourth-order valence-corrected chi connectivity index (χ4v) is 1.77. The van der Waals surface area contributed by atoms with Gasteiger partial charge in [-0.1, -0.05) is 13.8 Å². The molecule has 1 rings (SSSR count). The first kappa shape index (κ1) is 11.0. The van der Waals surface area contributed by atoms with E-state index in [4.69, 9.17) is 5.73 Å². The molecule has 0 spiro atoms. The minimum atomic E-state index is -0.0300. The number of rotatable bonds is 5. The van der Waals surface area contributed by atoms with Crippen molar-refractivity contribution < 1.29 is 0 Å². The van der Waals surface area contributed by atoms with Crippen LogP contribution in [0.4, 0.5) is 0 Å². The van der Waals surface area contributed by atoms with Crippen molar-refractivity contribution >= 4 is 0 Å². The van der Waals surface area contributed by atoms with Gasteiger partial charge in [-0.3, -0.25) is 0 Å². The molecule has 0 aromatic heterocycles. The Bertz CT molecular complexity index is 154. The van der Waals surface area contributed by atoms with Crippen molar-refractivity contribution in [1.82, 2.24) is 5.32 Å². The molecule has 13 heavy (non-hydrogen) atoms. The van der Waals surface area contributed by atoms with E-state index in [-0.39, 0.29) is 5.54 Å². The molecule has 3 N–H and O–H groups in total. The molecule has 0 aromatic carbocycles. The highest BCUT2D eigenvalue weighted by molar-refractivity contribution is 4.96.